The van der Waals surface area contributed by atoms with Gasteiger partial charge in [0.15, 0.2) is 0 Å². The molecule has 190 valence electrons. The van der Waals surface area contributed by atoms with Crippen molar-refractivity contribution in [2.75, 3.05) is 36.9 Å². The molecule has 0 unspecified atom stereocenters. The first-order valence-corrected chi connectivity index (χ1v) is 15.2. The quantitative estimate of drug-likeness (QED) is 0.131. The summed E-state index contributed by atoms with van der Waals surface area (Å²) < 4.78 is 12.2. The molecule has 2 aliphatic rings. The van der Waals surface area contributed by atoms with E-state index < -0.39 is 7.55 Å². The van der Waals surface area contributed by atoms with Gasteiger partial charge < -0.3 is 14.1 Å². The molecule has 4 nitrogen and oxygen atoms in total. The van der Waals surface area contributed by atoms with E-state index >= 15 is 0 Å². The van der Waals surface area contributed by atoms with Gasteiger partial charge in [-0.25, -0.2) is 4.79 Å². The molecule has 0 saturated heterocycles. The predicted molar refractivity (Wildman–Crippen MR) is 155 cm³/mol. The van der Waals surface area contributed by atoms with Crippen molar-refractivity contribution in [3.8, 4) is 22.5 Å². The maximum atomic E-state index is 13.1. The van der Waals surface area contributed by atoms with Gasteiger partial charge in [-0.1, -0.05) is 45.0 Å². The van der Waals surface area contributed by atoms with E-state index in [1.54, 1.807) is 0 Å². The van der Waals surface area contributed by atoms with Gasteiger partial charge in [0.2, 0.25) is 0 Å². The van der Waals surface area contributed by atoms with Crippen molar-refractivity contribution >= 4 is 30.2 Å². The van der Waals surface area contributed by atoms with Crippen LogP contribution in [0.2, 0.25) is 0 Å². The first kappa shape index (κ1) is 26.1. The van der Waals surface area contributed by atoms with Gasteiger partial charge in [-0.2, -0.15) is 0 Å². The Balaban J connectivity index is 2.07. The molecule has 0 saturated carbocycles. The van der Waals surface area contributed by atoms with Gasteiger partial charge in [0.1, 0.15) is 11.3 Å². The van der Waals surface area contributed by atoms with Crippen molar-refractivity contribution in [1.29, 1.82) is 0 Å². The Labute approximate surface area is 215 Å². The highest BCUT2D eigenvalue weighted by Crippen LogP contribution is 2.43. The Kier molecular flexibility index (Phi) is 8.59. The molecule has 5 heteroatoms. The molecule has 0 aromatic heterocycles. The molecular weight excluding hydrogens is 465 g/mol. The van der Waals surface area contributed by atoms with E-state index in [4.69, 9.17) is 9.15 Å². The number of anilines is 1. The lowest BCUT2D eigenvalue weighted by atomic mass is 9.90. The Morgan fingerprint density at radius 2 is 1.64 bits per heavy atom. The second-order valence-corrected chi connectivity index (χ2v) is 12.2. The van der Waals surface area contributed by atoms with Gasteiger partial charge in [-0.15, -0.1) is 7.55 Å². The zero-order valence-electron chi connectivity index (χ0n) is 22.2. The average molecular weight is 504 g/mol. The summed E-state index contributed by atoms with van der Waals surface area (Å²) in [7, 11) is -0.623. The van der Waals surface area contributed by atoms with Crippen LogP contribution >= 0.6 is 7.55 Å². The highest BCUT2D eigenvalue weighted by Gasteiger charge is 2.22. The number of benzene rings is 3. The highest BCUT2D eigenvalue weighted by molar-refractivity contribution is 7.49. The summed E-state index contributed by atoms with van der Waals surface area (Å²) in [5.74, 6) is 0.584. The minimum absolute atomic E-state index is 0.284. The number of hydrogen-bond donors (Lipinski definition) is 0. The maximum Gasteiger partial charge on any atom is 0.338 e. The van der Waals surface area contributed by atoms with Crippen LogP contribution in [0.15, 0.2) is 65.1 Å². The van der Waals surface area contributed by atoms with Crippen LogP contribution in [0.4, 0.5) is 5.69 Å². The predicted octanol–water partition coefficient (Wildman–Crippen LogP) is 8.40. The molecule has 0 amide bonds. The molecule has 0 bridgehead atoms. The fourth-order valence-corrected chi connectivity index (χ4v) is 6.96. The average Bonchev–Trinajstić information content (AvgIpc) is 2.91. The minimum Gasteiger partial charge on any atom is -0.462 e. The van der Waals surface area contributed by atoms with E-state index in [0.717, 1.165) is 58.6 Å². The number of carbonyl (C=O) groups excluding carboxylic acids is 1. The first-order chi connectivity index (χ1) is 17.6. The summed E-state index contributed by atoms with van der Waals surface area (Å²) in [5, 5.41) is 0.999. The summed E-state index contributed by atoms with van der Waals surface area (Å²) in [4.78, 5) is 16.8. The molecule has 0 atom stereocenters. The summed E-state index contributed by atoms with van der Waals surface area (Å²) in [6.45, 7) is 13.2. The molecule has 1 aliphatic carbocycles. The van der Waals surface area contributed by atoms with Crippen LogP contribution in [0.3, 0.4) is 0 Å². The van der Waals surface area contributed by atoms with Gasteiger partial charge in [-0.05, 0) is 73.4 Å². The molecule has 1 aliphatic heterocycles. The van der Waals surface area contributed by atoms with Crippen LogP contribution in [0, 0.1) is 4.94 Å². The van der Waals surface area contributed by atoms with E-state index in [-0.39, 0.29) is 5.97 Å². The number of fused-ring (bicyclic) bond motifs is 2. The maximum absolute atomic E-state index is 13.1. The Bertz CT molecular complexity index is 1390. The third-order valence-corrected chi connectivity index (χ3v) is 9.78. The Morgan fingerprint density at radius 3 is 2.33 bits per heavy atom. The summed E-state index contributed by atoms with van der Waals surface area (Å²) >= 11 is 0. The lowest BCUT2D eigenvalue weighted by Crippen LogP contribution is -2.21. The van der Waals surface area contributed by atoms with Gasteiger partial charge in [0.05, 0.1) is 12.2 Å². The molecule has 1 heterocycles. The molecule has 2 aromatic rings. The van der Waals surface area contributed by atoms with E-state index in [0.29, 0.717) is 12.2 Å². The number of esters is 1. The molecule has 4 rings (SSSR count). The summed E-state index contributed by atoms with van der Waals surface area (Å²) in [6.07, 6.45) is 3.16. The minimum atomic E-state index is -0.623. The highest BCUT2D eigenvalue weighted by atomic mass is 31.1. The van der Waals surface area contributed by atoms with Crippen molar-refractivity contribution < 1.29 is 13.9 Å². The van der Waals surface area contributed by atoms with Crippen LogP contribution in [-0.4, -0.2) is 38.0 Å². The molecule has 2 aromatic carbocycles. The number of rotatable bonds is 9. The van der Waals surface area contributed by atoms with E-state index in [2.05, 4.69) is 69.0 Å². The summed E-state index contributed by atoms with van der Waals surface area (Å²) in [6, 6.07) is 20.9. The lowest BCUT2D eigenvalue weighted by Gasteiger charge is -2.23. The third kappa shape index (κ3) is 5.11. The van der Waals surface area contributed by atoms with Gasteiger partial charge in [0, 0.05) is 41.4 Å². The van der Waals surface area contributed by atoms with Crippen molar-refractivity contribution in [2.45, 2.75) is 41.0 Å². The van der Waals surface area contributed by atoms with Gasteiger partial charge >= 0.3 is 5.97 Å². The second-order valence-electron chi connectivity index (χ2n) is 9.03. The Hall–Kier alpha value is -2.97. The second kappa shape index (κ2) is 11.8. The van der Waals surface area contributed by atoms with E-state index in [9.17, 15) is 4.79 Å². The molecule has 0 fully saturated rings. The molecule has 36 heavy (non-hydrogen) atoms. The monoisotopic (exact) mass is 503 g/mol. The van der Waals surface area contributed by atoms with Gasteiger partial charge in [-0.3, -0.25) is 0 Å². The van der Waals surface area contributed by atoms with Crippen LogP contribution in [0.1, 0.15) is 51.4 Å². The Morgan fingerprint density at radius 1 is 0.889 bits per heavy atom. The normalized spacial score (nSPS) is 11.4. The third-order valence-electron chi connectivity index (χ3n) is 6.95. The fourth-order valence-electron chi connectivity index (χ4n) is 4.98. The molecule has 0 spiro atoms. The summed E-state index contributed by atoms with van der Waals surface area (Å²) in [5.41, 5.74) is 5.48. The standard InChI is InChI=1S/C31H38NO3P/c1-6-19-34-31(33)25-14-12-11-13-24(25)30-26-17-15-22(32(7-2)8-3)20-28(26)35-29-21-23(16-18-27(29)30)36(9-4)10-5/h11-18,20-21,36H,6-10,19H2,1-5H3. The number of nitrogens with zero attached hydrogens (tertiary/aromatic N) is 1. The number of hydrogen-bond acceptors (Lipinski definition) is 4. The molecular formula is C31H38NO3P. The number of ether oxygens (including phenoxy) is 1. The van der Waals surface area contributed by atoms with Crippen LogP contribution < -0.4 is 4.90 Å². The zero-order chi connectivity index (χ0) is 25.7. The fraction of sp³-hybridized carbons (Fsp3) is 0.355. The van der Waals surface area contributed by atoms with Crippen LogP contribution in [0.5, 0.6) is 0 Å². The number of carbonyl (C=O) groups is 1. The molecule has 0 radical (unpaired) electrons. The van der Waals surface area contributed by atoms with Crippen molar-refractivity contribution in [3.05, 3.63) is 71.2 Å². The van der Waals surface area contributed by atoms with E-state index in [1.807, 2.05) is 31.2 Å². The SMILES string of the molecule is CCCOC(=O)c1ccccc1-c1c2ccc(=[PH](CC)CC)cc-2oc2cc(N(CC)CC)ccc12. The van der Waals surface area contributed by atoms with Crippen molar-refractivity contribution in [3.63, 3.8) is 0 Å². The van der Waals surface area contributed by atoms with Crippen molar-refractivity contribution in [2.24, 2.45) is 0 Å². The molecule has 0 N–H and O–H groups in total. The topological polar surface area (TPSA) is 42.7 Å². The smallest absolute Gasteiger partial charge is 0.338 e. The zero-order valence-corrected chi connectivity index (χ0v) is 23.2. The van der Waals surface area contributed by atoms with Gasteiger partial charge in [0.25, 0.3) is 0 Å². The largest absolute Gasteiger partial charge is 0.462 e. The van der Waals surface area contributed by atoms with Crippen LogP contribution in [0.25, 0.3) is 33.4 Å². The van der Waals surface area contributed by atoms with Crippen molar-refractivity contribution in [1.82, 2.24) is 0 Å². The van der Waals surface area contributed by atoms with E-state index in [1.165, 1.54) is 17.3 Å². The first-order valence-electron chi connectivity index (χ1n) is 13.3. The van der Waals surface area contributed by atoms with Crippen LogP contribution in [-0.2, 0) is 4.74 Å². The lowest BCUT2D eigenvalue weighted by molar-refractivity contribution is 0.0506.